The SMILES string of the molecule is O=C(O)C1=C(Cl)c2ccc(Br)cc2C1. The van der Waals surface area contributed by atoms with Gasteiger partial charge in [0, 0.05) is 10.9 Å². The minimum atomic E-state index is -0.942. The van der Waals surface area contributed by atoms with Crippen LogP contribution in [0.2, 0.25) is 0 Å². The highest BCUT2D eigenvalue weighted by atomic mass is 79.9. The molecular weight excluding hydrogens is 267 g/mol. The van der Waals surface area contributed by atoms with E-state index in [-0.39, 0.29) is 5.57 Å². The first-order chi connectivity index (χ1) is 6.59. The molecule has 0 fully saturated rings. The number of fused-ring (bicyclic) bond motifs is 1. The van der Waals surface area contributed by atoms with Crippen LogP contribution in [0, 0.1) is 0 Å². The molecule has 0 bridgehead atoms. The van der Waals surface area contributed by atoms with Crippen LogP contribution >= 0.6 is 27.5 Å². The minimum absolute atomic E-state index is 0.278. The van der Waals surface area contributed by atoms with Crippen molar-refractivity contribution in [1.29, 1.82) is 0 Å². The van der Waals surface area contributed by atoms with Crippen LogP contribution in [0.5, 0.6) is 0 Å². The summed E-state index contributed by atoms with van der Waals surface area (Å²) < 4.78 is 0.937. The first-order valence-electron chi connectivity index (χ1n) is 4.00. The molecule has 0 heterocycles. The zero-order valence-corrected chi connectivity index (χ0v) is 9.39. The molecule has 14 heavy (non-hydrogen) atoms. The molecule has 0 radical (unpaired) electrons. The standard InChI is InChI=1S/C10H6BrClO2/c11-6-1-2-7-5(3-6)4-8(9(7)12)10(13)14/h1-3H,4H2,(H,13,14). The Kier molecular flexibility index (Phi) is 2.37. The number of carboxylic acid groups (broad SMARTS) is 1. The van der Waals surface area contributed by atoms with Gasteiger partial charge >= 0.3 is 5.97 Å². The molecule has 1 N–H and O–H groups in total. The van der Waals surface area contributed by atoms with Gasteiger partial charge in [-0.3, -0.25) is 0 Å². The molecule has 0 amide bonds. The summed E-state index contributed by atoms with van der Waals surface area (Å²) in [5, 5.41) is 9.23. The number of rotatable bonds is 1. The fourth-order valence-electron chi connectivity index (χ4n) is 1.52. The lowest BCUT2D eigenvalue weighted by Gasteiger charge is -1.98. The van der Waals surface area contributed by atoms with Crippen molar-refractivity contribution in [3.63, 3.8) is 0 Å². The lowest BCUT2D eigenvalue weighted by Crippen LogP contribution is -2.00. The Bertz CT molecular complexity index is 451. The fourth-order valence-corrected chi connectivity index (χ4v) is 2.26. The van der Waals surface area contributed by atoms with Crippen molar-refractivity contribution in [2.75, 3.05) is 0 Å². The molecule has 0 aromatic heterocycles. The molecular formula is C10H6BrClO2. The Hall–Kier alpha value is -0.800. The number of hydrogen-bond acceptors (Lipinski definition) is 1. The van der Waals surface area contributed by atoms with Crippen LogP contribution < -0.4 is 0 Å². The van der Waals surface area contributed by atoms with Crippen molar-refractivity contribution in [2.45, 2.75) is 6.42 Å². The predicted octanol–water partition coefficient (Wildman–Crippen LogP) is 3.04. The molecule has 2 nitrogen and oxygen atoms in total. The molecule has 0 spiro atoms. The predicted molar refractivity (Wildman–Crippen MR) is 58.3 cm³/mol. The minimum Gasteiger partial charge on any atom is -0.478 e. The summed E-state index contributed by atoms with van der Waals surface area (Å²) in [4.78, 5) is 10.8. The van der Waals surface area contributed by atoms with Gasteiger partial charge in [0.2, 0.25) is 0 Å². The van der Waals surface area contributed by atoms with E-state index < -0.39 is 5.97 Å². The molecule has 1 aliphatic rings. The topological polar surface area (TPSA) is 37.3 Å². The number of carbonyl (C=O) groups is 1. The van der Waals surface area contributed by atoms with Crippen LogP contribution in [0.25, 0.3) is 5.03 Å². The maximum atomic E-state index is 10.8. The second-order valence-electron chi connectivity index (χ2n) is 3.08. The van der Waals surface area contributed by atoms with E-state index in [0.29, 0.717) is 11.5 Å². The number of aliphatic carboxylic acids is 1. The van der Waals surface area contributed by atoms with E-state index in [0.717, 1.165) is 15.6 Å². The normalized spacial score (nSPS) is 14.4. The van der Waals surface area contributed by atoms with Crippen molar-refractivity contribution in [1.82, 2.24) is 0 Å². The highest BCUT2D eigenvalue weighted by molar-refractivity contribution is 9.10. The third-order valence-electron chi connectivity index (χ3n) is 2.19. The zero-order valence-electron chi connectivity index (χ0n) is 7.05. The van der Waals surface area contributed by atoms with Gasteiger partial charge in [-0.15, -0.1) is 0 Å². The van der Waals surface area contributed by atoms with Gasteiger partial charge in [0.15, 0.2) is 0 Å². The van der Waals surface area contributed by atoms with Gasteiger partial charge < -0.3 is 5.11 Å². The van der Waals surface area contributed by atoms with Crippen LogP contribution in [0.15, 0.2) is 28.2 Å². The second-order valence-corrected chi connectivity index (χ2v) is 4.37. The number of benzene rings is 1. The van der Waals surface area contributed by atoms with Crippen molar-refractivity contribution in [3.8, 4) is 0 Å². The molecule has 2 rings (SSSR count). The molecule has 0 atom stereocenters. The molecule has 1 aromatic carbocycles. The van der Waals surface area contributed by atoms with Crippen molar-refractivity contribution in [3.05, 3.63) is 39.4 Å². The highest BCUT2D eigenvalue weighted by Gasteiger charge is 2.24. The van der Waals surface area contributed by atoms with Crippen molar-refractivity contribution in [2.24, 2.45) is 0 Å². The number of carboxylic acids is 1. The Morgan fingerprint density at radius 2 is 2.21 bits per heavy atom. The first kappa shape index (κ1) is 9.74. The average Bonchev–Trinajstić information content (AvgIpc) is 2.43. The van der Waals surface area contributed by atoms with Crippen molar-refractivity contribution >= 4 is 38.5 Å². The van der Waals surface area contributed by atoms with Gasteiger partial charge in [0.1, 0.15) is 0 Å². The molecule has 0 saturated heterocycles. The maximum absolute atomic E-state index is 10.8. The monoisotopic (exact) mass is 272 g/mol. The summed E-state index contributed by atoms with van der Waals surface area (Å²) in [5.74, 6) is -0.942. The molecule has 0 unspecified atom stereocenters. The lowest BCUT2D eigenvalue weighted by molar-refractivity contribution is -0.132. The molecule has 72 valence electrons. The Morgan fingerprint density at radius 1 is 1.50 bits per heavy atom. The lowest BCUT2D eigenvalue weighted by atomic mass is 10.1. The fraction of sp³-hybridized carbons (Fsp3) is 0.100. The average molecular weight is 274 g/mol. The summed E-state index contributed by atoms with van der Waals surface area (Å²) >= 11 is 9.27. The molecule has 1 aliphatic carbocycles. The van der Waals surface area contributed by atoms with Gasteiger partial charge in [-0.2, -0.15) is 0 Å². The smallest absolute Gasteiger partial charge is 0.333 e. The summed E-state index contributed by atoms with van der Waals surface area (Å²) in [6, 6.07) is 5.58. The quantitative estimate of drug-likeness (QED) is 0.854. The van der Waals surface area contributed by atoms with Crippen LogP contribution in [0.3, 0.4) is 0 Å². The van der Waals surface area contributed by atoms with Crippen molar-refractivity contribution < 1.29 is 9.90 Å². The second kappa shape index (κ2) is 3.41. The molecule has 4 heteroatoms. The Morgan fingerprint density at radius 3 is 2.86 bits per heavy atom. The summed E-state index contributed by atoms with van der Waals surface area (Å²) in [6.45, 7) is 0. The highest BCUT2D eigenvalue weighted by Crippen LogP contribution is 2.36. The zero-order chi connectivity index (χ0) is 10.3. The Balaban J connectivity index is 2.53. The van der Waals surface area contributed by atoms with E-state index in [4.69, 9.17) is 16.7 Å². The first-order valence-corrected chi connectivity index (χ1v) is 5.17. The van der Waals surface area contributed by atoms with Crippen LogP contribution in [-0.4, -0.2) is 11.1 Å². The van der Waals surface area contributed by atoms with E-state index in [1.165, 1.54) is 0 Å². The van der Waals surface area contributed by atoms with E-state index >= 15 is 0 Å². The van der Waals surface area contributed by atoms with Gasteiger partial charge in [-0.1, -0.05) is 33.6 Å². The van der Waals surface area contributed by atoms with Crippen LogP contribution in [-0.2, 0) is 11.2 Å². The van der Waals surface area contributed by atoms with E-state index in [1.807, 2.05) is 18.2 Å². The van der Waals surface area contributed by atoms with E-state index in [1.54, 1.807) is 0 Å². The molecule has 0 saturated carbocycles. The van der Waals surface area contributed by atoms with Gasteiger partial charge in [-0.25, -0.2) is 4.79 Å². The summed E-state index contributed by atoms with van der Waals surface area (Å²) in [7, 11) is 0. The summed E-state index contributed by atoms with van der Waals surface area (Å²) in [5.41, 5.74) is 2.06. The van der Waals surface area contributed by atoms with Crippen LogP contribution in [0.4, 0.5) is 0 Å². The third-order valence-corrected chi connectivity index (χ3v) is 3.12. The maximum Gasteiger partial charge on any atom is 0.333 e. The van der Waals surface area contributed by atoms with Gasteiger partial charge in [-0.05, 0) is 23.3 Å². The third kappa shape index (κ3) is 1.47. The Labute approximate surface area is 94.3 Å². The van der Waals surface area contributed by atoms with E-state index in [9.17, 15) is 4.79 Å². The van der Waals surface area contributed by atoms with Gasteiger partial charge in [0.25, 0.3) is 0 Å². The van der Waals surface area contributed by atoms with Gasteiger partial charge in [0.05, 0.1) is 10.6 Å². The summed E-state index contributed by atoms with van der Waals surface area (Å²) in [6.07, 6.45) is 0.406. The van der Waals surface area contributed by atoms with Crippen LogP contribution in [0.1, 0.15) is 11.1 Å². The molecule has 0 aliphatic heterocycles. The molecule has 1 aromatic rings. The number of halogens is 2. The number of hydrogen-bond donors (Lipinski definition) is 1. The largest absolute Gasteiger partial charge is 0.478 e. The van der Waals surface area contributed by atoms with E-state index in [2.05, 4.69) is 15.9 Å².